The monoisotopic (exact) mass is 536 g/mol. The molecule has 8 nitrogen and oxygen atoms in total. The molecular formula is C31H29FN6O2. The van der Waals surface area contributed by atoms with Crippen LogP contribution in [0.4, 0.5) is 10.2 Å². The zero-order valence-electron chi connectivity index (χ0n) is 22.2. The van der Waals surface area contributed by atoms with Gasteiger partial charge in [0.1, 0.15) is 46.8 Å². The Morgan fingerprint density at radius 1 is 1.15 bits per heavy atom. The number of carbonyl (C=O) groups is 1. The van der Waals surface area contributed by atoms with Gasteiger partial charge in [-0.05, 0) is 62.8 Å². The highest BCUT2D eigenvalue weighted by atomic mass is 19.1. The number of piperidine rings is 1. The van der Waals surface area contributed by atoms with Crippen molar-refractivity contribution in [2.45, 2.75) is 38.6 Å². The van der Waals surface area contributed by atoms with Crippen LogP contribution in [0.2, 0.25) is 0 Å². The largest absolute Gasteiger partial charge is 0.457 e. The number of fused-ring (bicyclic) bond motifs is 1. The molecule has 2 aromatic heterocycles. The number of anilines is 1. The minimum Gasteiger partial charge on any atom is -0.457 e. The maximum atomic E-state index is 15.7. The number of halogens is 1. The summed E-state index contributed by atoms with van der Waals surface area (Å²) in [4.78, 5) is 23.7. The number of nitrogens with two attached hydrogens (primary N) is 1. The van der Waals surface area contributed by atoms with Gasteiger partial charge in [0.05, 0.1) is 11.4 Å². The number of hydrogen-bond acceptors (Lipinski definition) is 6. The molecule has 1 atom stereocenters. The first-order valence-corrected chi connectivity index (χ1v) is 13.5. The van der Waals surface area contributed by atoms with Gasteiger partial charge < -0.3 is 19.9 Å². The number of nitrogen functional groups attached to an aromatic ring is 1. The Morgan fingerprint density at radius 2 is 1.95 bits per heavy atom. The number of likely N-dealkylation sites (tertiary alicyclic amines) is 1. The van der Waals surface area contributed by atoms with Gasteiger partial charge in [-0.25, -0.2) is 14.4 Å². The van der Waals surface area contributed by atoms with Crippen LogP contribution >= 0.6 is 0 Å². The Kier molecular flexibility index (Phi) is 6.68. The van der Waals surface area contributed by atoms with Gasteiger partial charge in [-0.1, -0.05) is 24.3 Å². The number of nitriles is 1. The van der Waals surface area contributed by atoms with Gasteiger partial charge in [-0.2, -0.15) is 5.26 Å². The van der Waals surface area contributed by atoms with E-state index in [1.54, 1.807) is 29.2 Å². The number of benzene rings is 2. The van der Waals surface area contributed by atoms with E-state index in [0.29, 0.717) is 52.7 Å². The number of hydrogen-bond donors (Lipinski definition) is 1. The first-order chi connectivity index (χ1) is 19.4. The van der Waals surface area contributed by atoms with E-state index < -0.39 is 5.82 Å². The summed E-state index contributed by atoms with van der Waals surface area (Å²) in [5.74, 6) is 0.894. The molecule has 2 aliphatic rings. The molecule has 3 heterocycles. The molecule has 0 radical (unpaired) electrons. The van der Waals surface area contributed by atoms with E-state index in [-0.39, 0.29) is 23.3 Å². The van der Waals surface area contributed by atoms with Crippen molar-refractivity contribution in [1.82, 2.24) is 19.4 Å². The summed E-state index contributed by atoms with van der Waals surface area (Å²) in [6.45, 7) is 2.92. The second-order valence-corrected chi connectivity index (χ2v) is 10.4. The molecule has 2 N–H and O–H groups in total. The van der Waals surface area contributed by atoms with E-state index in [1.165, 1.54) is 12.4 Å². The Morgan fingerprint density at radius 3 is 2.67 bits per heavy atom. The second-order valence-electron chi connectivity index (χ2n) is 10.4. The molecule has 202 valence electrons. The normalized spacial score (nSPS) is 17.6. The van der Waals surface area contributed by atoms with Gasteiger partial charge in [0, 0.05) is 36.0 Å². The highest BCUT2D eigenvalue weighted by Crippen LogP contribution is 2.41. The lowest BCUT2D eigenvalue weighted by molar-refractivity contribution is -0.128. The molecule has 2 fully saturated rings. The van der Waals surface area contributed by atoms with E-state index in [9.17, 15) is 10.1 Å². The van der Waals surface area contributed by atoms with Crippen molar-refractivity contribution < 1.29 is 13.9 Å². The fourth-order valence-electron chi connectivity index (χ4n) is 5.61. The molecular weight excluding hydrogens is 507 g/mol. The summed E-state index contributed by atoms with van der Waals surface area (Å²) in [5.41, 5.74) is 8.93. The molecule has 4 aromatic rings. The van der Waals surface area contributed by atoms with Crippen LogP contribution in [0, 0.1) is 30.0 Å². The third-order valence-electron chi connectivity index (χ3n) is 7.67. The second kappa shape index (κ2) is 10.5. The minimum absolute atomic E-state index is 0.118. The summed E-state index contributed by atoms with van der Waals surface area (Å²) in [6.07, 6.45) is 6.83. The summed E-state index contributed by atoms with van der Waals surface area (Å²) in [6, 6.07) is 16.0. The van der Waals surface area contributed by atoms with Crippen LogP contribution in [0.5, 0.6) is 11.5 Å². The smallest absolute Gasteiger partial charge is 0.264 e. The number of para-hydroxylation sites is 1. The maximum absolute atomic E-state index is 15.7. The van der Waals surface area contributed by atoms with Gasteiger partial charge in [0.15, 0.2) is 0 Å². The van der Waals surface area contributed by atoms with E-state index in [1.807, 2.05) is 35.8 Å². The van der Waals surface area contributed by atoms with Crippen LogP contribution in [-0.4, -0.2) is 38.4 Å². The number of ether oxygens (including phenoxy) is 1. The van der Waals surface area contributed by atoms with Crippen LogP contribution in [-0.2, 0) is 4.79 Å². The van der Waals surface area contributed by atoms with Gasteiger partial charge in [0.25, 0.3) is 5.91 Å². The maximum Gasteiger partial charge on any atom is 0.264 e. The van der Waals surface area contributed by atoms with Gasteiger partial charge in [-0.15, -0.1) is 0 Å². The quantitative estimate of drug-likeness (QED) is 0.241. The first kappa shape index (κ1) is 25.6. The fourth-order valence-corrected chi connectivity index (χ4v) is 5.61. The molecule has 9 heteroatoms. The molecule has 40 heavy (non-hydrogen) atoms. The SMILES string of the molecule is Cc1c(-c2ccc(Oc3ccccc3)cc2F)c2c(N)ncnc2n1[C@H]1CCCN(C(=O)C(C#N)=CC2CC2)C1. The zero-order valence-corrected chi connectivity index (χ0v) is 22.2. The van der Waals surface area contributed by atoms with Crippen LogP contribution in [0.25, 0.3) is 22.2 Å². The topological polar surface area (TPSA) is 110 Å². The molecule has 1 aliphatic heterocycles. The molecule has 1 aliphatic carbocycles. The van der Waals surface area contributed by atoms with Gasteiger partial charge >= 0.3 is 0 Å². The predicted octanol–water partition coefficient (Wildman–Crippen LogP) is 5.94. The van der Waals surface area contributed by atoms with Crippen LogP contribution < -0.4 is 10.5 Å². The number of allylic oxidation sites excluding steroid dienone is 1. The van der Waals surface area contributed by atoms with Crippen molar-refractivity contribution in [2.75, 3.05) is 18.8 Å². The Bertz CT molecular complexity index is 1670. The van der Waals surface area contributed by atoms with Crippen LogP contribution in [0.15, 0.2) is 66.5 Å². The van der Waals surface area contributed by atoms with Gasteiger partial charge in [0.2, 0.25) is 0 Å². The van der Waals surface area contributed by atoms with Crippen LogP contribution in [0.3, 0.4) is 0 Å². The van der Waals surface area contributed by atoms with Gasteiger partial charge in [-0.3, -0.25) is 4.79 Å². The van der Waals surface area contributed by atoms with Crippen molar-refractivity contribution in [3.63, 3.8) is 0 Å². The number of amides is 1. The molecule has 1 saturated heterocycles. The molecule has 0 unspecified atom stereocenters. The lowest BCUT2D eigenvalue weighted by atomic mass is 10.0. The molecule has 0 bridgehead atoms. The lowest BCUT2D eigenvalue weighted by Crippen LogP contribution is -2.41. The van der Waals surface area contributed by atoms with Crippen molar-refractivity contribution in [3.8, 4) is 28.7 Å². The van der Waals surface area contributed by atoms with E-state index >= 15 is 4.39 Å². The number of nitrogens with zero attached hydrogens (tertiary/aromatic N) is 5. The van der Waals surface area contributed by atoms with Crippen molar-refractivity contribution in [1.29, 1.82) is 5.26 Å². The average molecular weight is 537 g/mol. The highest BCUT2D eigenvalue weighted by molar-refractivity contribution is 6.02. The number of carbonyl (C=O) groups excluding carboxylic acids is 1. The zero-order chi connectivity index (χ0) is 27.8. The molecule has 1 saturated carbocycles. The molecule has 2 aromatic carbocycles. The van der Waals surface area contributed by atoms with Crippen LogP contribution in [0.1, 0.15) is 37.4 Å². The Hall–Kier alpha value is -4.71. The lowest BCUT2D eigenvalue weighted by Gasteiger charge is -2.34. The number of rotatable bonds is 6. The third-order valence-corrected chi connectivity index (χ3v) is 7.67. The van der Waals surface area contributed by atoms with Crippen molar-refractivity contribution in [2.24, 2.45) is 5.92 Å². The molecule has 0 spiro atoms. The summed E-state index contributed by atoms with van der Waals surface area (Å²) < 4.78 is 23.5. The number of aromatic nitrogens is 3. The minimum atomic E-state index is -0.455. The highest BCUT2D eigenvalue weighted by Gasteiger charge is 2.32. The van der Waals surface area contributed by atoms with Crippen molar-refractivity contribution >= 4 is 22.8 Å². The first-order valence-electron chi connectivity index (χ1n) is 13.5. The third kappa shape index (κ3) is 4.77. The summed E-state index contributed by atoms with van der Waals surface area (Å²) in [7, 11) is 0. The van der Waals surface area contributed by atoms with Crippen molar-refractivity contribution in [3.05, 3.63) is 78.0 Å². The molecule has 1 amide bonds. The standard InChI is InChI=1S/C31H29FN6O2/c1-19-27(25-12-11-24(15-26(25)32)40-23-7-3-2-4-8-23)28-29(34)35-18-36-30(28)38(19)22-6-5-13-37(17-22)31(39)21(16-33)14-20-9-10-20/h2-4,7-8,11-12,14-15,18,20,22H,5-6,9-10,13,17H2,1H3,(H2,34,35,36)/t22-/m0/s1. The summed E-state index contributed by atoms with van der Waals surface area (Å²) >= 11 is 0. The summed E-state index contributed by atoms with van der Waals surface area (Å²) in [5, 5.41) is 10.2. The van der Waals surface area contributed by atoms with E-state index in [0.717, 1.165) is 31.4 Å². The average Bonchev–Trinajstić information content (AvgIpc) is 3.74. The predicted molar refractivity (Wildman–Crippen MR) is 150 cm³/mol. The Balaban J connectivity index is 1.37. The van der Waals surface area contributed by atoms with E-state index in [2.05, 4.69) is 16.0 Å². The van der Waals surface area contributed by atoms with E-state index in [4.69, 9.17) is 10.5 Å². The Labute approximate surface area is 231 Å². The fraction of sp³-hybridized carbons (Fsp3) is 0.290. The molecule has 6 rings (SSSR count).